The fourth-order valence-electron chi connectivity index (χ4n) is 2.82. The lowest BCUT2D eigenvalue weighted by atomic mass is 9.78. The van der Waals surface area contributed by atoms with Crippen LogP contribution in [0.5, 0.6) is 0 Å². The Morgan fingerprint density at radius 1 is 1.19 bits per heavy atom. The van der Waals surface area contributed by atoms with E-state index in [-0.39, 0.29) is 5.91 Å². The van der Waals surface area contributed by atoms with Crippen molar-refractivity contribution in [2.75, 3.05) is 0 Å². The summed E-state index contributed by atoms with van der Waals surface area (Å²) in [6, 6.07) is 0. The van der Waals surface area contributed by atoms with Crippen LogP contribution in [0.25, 0.3) is 0 Å². The van der Waals surface area contributed by atoms with Gasteiger partial charge in [-0.2, -0.15) is 0 Å². The van der Waals surface area contributed by atoms with Gasteiger partial charge in [-0.05, 0) is 30.6 Å². The minimum absolute atomic E-state index is 0.122. The number of rotatable bonds is 6. The molecule has 0 unspecified atom stereocenters. The summed E-state index contributed by atoms with van der Waals surface area (Å²) in [7, 11) is 0. The Hall–Kier alpha value is -0.530. The summed E-state index contributed by atoms with van der Waals surface area (Å²) in [4.78, 5) is 10.8. The van der Waals surface area contributed by atoms with Crippen LogP contribution < -0.4 is 5.73 Å². The van der Waals surface area contributed by atoms with E-state index in [1.54, 1.807) is 0 Å². The molecular formula is C14H27NO. The summed E-state index contributed by atoms with van der Waals surface area (Å²) in [6.07, 6.45) is 9.81. The maximum absolute atomic E-state index is 10.8. The average Bonchev–Trinajstić information content (AvgIpc) is 2.19. The van der Waals surface area contributed by atoms with Crippen LogP contribution >= 0.6 is 0 Å². The van der Waals surface area contributed by atoms with Crippen LogP contribution in [0.4, 0.5) is 0 Å². The van der Waals surface area contributed by atoms with E-state index in [1.165, 1.54) is 44.9 Å². The van der Waals surface area contributed by atoms with Gasteiger partial charge in [0, 0.05) is 6.42 Å². The molecule has 2 heteroatoms. The van der Waals surface area contributed by atoms with Crippen molar-refractivity contribution in [3.8, 4) is 0 Å². The van der Waals surface area contributed by atoms with Crippen molar-refractivity contribution >= 4 is 5.91 Å². The number of hydrogen-bond acceptors (Lipinski definition) is 1. The molecule has 0 aromatic rings. The third-order valence-corrected chi connectivity index (χ3v) is 3.85. The van der Waals surface area contributed by atoms with Gasteiger partial charge >= 0.3 is 0 Å². The molecule has 1 saturated carbocycles. The van der Waals surface area contributed by atoms with Gasteiger partial charge in [-0.15, -0.1) is 0 Å². The molecule has 1 fully saturated rings. The van der Waals surface area contributed by atoms with Crippen molar-refractivity contribution in [2.45, 2.75) is 65.2 Å². The predicted octanol–water partition coefficient (Wildman–Crippen LogP) is 3.49. The first kappa shape index (κ1) is 13.5. The van der Waals surface area contributed by atoms with Crippen LogP contribution in [-0.4, -0.2) is 5.91 Å². The summed E-state index contributed by atoms with van der Waals surface area (Å²) >= 11 is 0. The zero-order valence-electron chi connectivity index (χ0n) is 10.9. The van der Waals surface area contributed by atoms with Gasteiger partial charge in [-0.3, -0.25) is 4.79 Å². The molecule has 0 heterocycles. The molecule has 0 aromatic carbocycles. The Labute approximate surface area is 100.0 Å². The van der Waals surface area contributed by atoms with Crippen molar-refractivity contribution in [1.82, 2.24) is 0 Å². The monoisotopic (exact) mass is 225 g/mol. The number of nitrogens with two attached hydrogens (primary N) is 1. The highest BCUT2D eigenvalue weighted by Gasteiger charge is 2.21. The zero-order valence-corrected chi connectivity index (χ0v) is 10.9. The van der Waals surface area contributed by atoms with Crippen molar-refractivity contribution in [3.63, 3.8) is 0 Å². The molecule has 0 atom stereocenters. The van der Waals surface area contributed by atoms with Crippen LogP contribution in [0.15, 0.2) is 0 Å². The Morgan fingerprint density at radius 3 is 2.25 bits per heavy atom. The standard InChI is InChI=1S/C14H27NO/c1-11(2)4-3-5-12-6-8-13(9-7-12)10-14(15)16/h11-13H,3-10H2,1-2H3,(H2,15,16)/t12-,13-. The second-order valence-electron chi connectivity index (χ2n) is 5.88. The number of carbonyl (C=O) groups is 1. The molecule has 0 saturated heterocycles. The van der Waals surface area contributed by atoms with Gasteiger partial charge in [0.1, 0.15) is 0 Å². The molecule has 94 valence electrons. The van der Waals surface area contributed by atoms with Gasteiger partial charge in [0.05, 0.1) is 0 Å². The third kappa shape index (κ3) is 5.53. The molecule has 16 heavy (non-hydrogen) atoms. The Kier molecular flexibility index (Phi) is 5.86. The first-order valence-corrected chi connectivity index (χ1v) is 6.86. The first-order valence-electron chi connectivity index (χ1n) is 6.86. The largest absolute Gasteiger partial charge is 0.370 e. The molecule has 0 bridgehead atoms. The topological polar surface area (TPSA) is 43.1 Å². The van der Waals surface area contributed by atoms with Gasteiger partial charge in [-0.25, -0.2) is 0 Å². The Balaban J connectivity index is 2.10. The lowest BCUT2D eigenvalue weighted by molar-refractivity contribution is -0.119. The molecule has 1 amide bonds. The first-order chi connectivity index (χ1) is 7.58. The third-order valence-electron chi connectivity index (χ3n) is 3.85. The van der Waals surface area contributed by atoms with E-state index < -0.39 is 0 Å². The summed E-state index contributed by atoms with van der Waals surface area (Å²) in [5.74, 6) is 2.22. The number of carbonyl (C=O) groups excluding carboxylic acids is 1. The number of amides is 1. The predicted molar refractivity (Wildman–Crippen MR) is 67.9 cm³/mol. The molecule has 1 rings (SSSR count). The van der Waals surface area contributed by atoms with Crippen LogP contribution in [0.1, 0.15) is 65.2 Å². The van der Waals surface area contributed by atoms with E-state index in [2.05, 4.69) is 13.8 Å². The second kappa shape index (κ2) is 6.93. The lowest BCUT2D eigenvalue weighted by Crippen LogP contribution is -2.21. The molecule has 2 N–H and O–H groups in total. The van der Waals surface area contributed by atoms with Gasteiger partial charge in [-0.1, -0.05) is 46.0 Å². The molecule has 1 aliphatic rings. The molecule has 1 aliphatic carbocycles. The van der Waals surface area contributed by atoms with Gasteiger partial charge in [0.25, 0.3) is 0 Å². The highest BCUT2D eigenvalue weighted by Crippen LogP contribution is 2.33. The van der Waals surface area contributed by atoms with Crippen molar-refractivity contribution < 1.29 is 4.79 Å². The normalized spacial score (nSPS) is 25.9. The minimum atomic E-state index is -0.122. The molecular weight excluding hydrogens is 198 g/mol. The van der Waals surface area contributed by atoms with E-state index in [4.69, 9.17) is 5.73 Å². The van der Waals surface area contributed by atoms with E-state index in [0.29, 0.717) is 12.3 Å². The van der Waals surface area contributed by atoms with E-state index in [0.717, 1.165) is 11.8 Å². The van der Waals surface area contributed by atoms with Crippen molar-refractivity contribution in [1.29, 1.82) is 0 Å². The molecule has 0 aromatic heterocycles. The molecule has 0 radical (unpaired) electrons. The maximum atomic E-state index is 10.8. The molecule has 2 nitrogen and oxygen atoms in total. The fraction of sp³-hybridized carbons (Fsp3) is 0.929. The smallest absolute Gasteiger partial charge is 0.217 e. The van der Waals surface area contributed by atoms with Crippen molar-refractivity contribution in [3.05, 3.63) is 0 Å². The SMILES string of the molecule is CC(C)CCC[C@H]1CC[C@H](CC(N)=O)CC1. The van der Waals surface area contributed by atoms with E-state index >= 15 is 0 Å². The Morgan fingerprint density at radius 2 is 1.75 bits per heavy atom. The van der Waals surface area contributed by atoms with Crippen LogP contribution in [0, 0.1) is 17.8 Å². The van der Waals surface area contributed by atoms with Gasteiger partial charge in [0.2, 0.25) is 5.91 Å². The second-order valence-corrected chi connectivity index (χ2v) is 5.88. The van der Waals surface area contributed by atoms with Gasteiger partial charge < -0.3 is 5.73 Å². The summed E-state index contributed by atoms with van der Waals surface area (Å²) < 4.78 is 0. The quantitative estimate of drug-likeness (QED) is 0.738. The van der Waals surface area contributed by atoms with E-state index in [9.17, 15) is 4.79 Å². The number of primary amides is 1. The van der Waals surface area contributed by atoms with Crippen molar-refractivity contribution in [2.24, 2.45) is 23.5 Å². The minimum Gasteiger partial charge on any atom is -0.370 e. The van der Waals surface area contributed by atoms with Crippen LogP contribution in [0.3, 0.4) is 0 Å². The lowest BCUT2D eigenvalue weighted by Gasteiger charge is -2.27. The average molecular weight is 225 g/mol. The summed E-state index contributed by atoms with van der Waals surface area (Å²) in [5, 5.41) is 0. The summed E-state index contributed by atoms with van der Waals surface area (Å²) in [5.41, 5.74) is 5.23. The van der Waals surface area contributed by atoms with E-state index in [1.807, 2.05) is 0 Å². The maximum Gasteiger partial charge on any atom is 0.217 e. The van der Waals surface area contributed by atoms with Crippen LogP contribution in [-0.2, 0) is 4.79 Å². The fourth-order valence-corrected chi connectivity index (χ4v) is 2.82. The Bertz CT molecular complexity index is 205. The molecule has 0 spiro atoms. The number of hydrogen-bond donors (Lipinski definition) is 1. The highest BCUT2D eigenvalue weighted by molar-refractivity contribution is 5.73. The zero-order chi connectivity index (χ0) is 12.0. The molecule has 0 aliphatic heterocycles. The van der Waals surface area contributed by atoms with Crippen LogP contribution in [0.2, 0.25) is 0 Å². The highest BCUT2D eigenvalue weighted by atomic mass is 16.1. The summed E-state index contributed by atoms with van der Waals surface area (Å²) in [6.45, 7) is 4.59. The van der Waals surface area contributed by atoms with Gasteiger partial charge in [0.15, 0.2) is 0 Å².